The van der Waals surface area contributed by atoms with Gasteiger partial charge >= 0.3 is 0 Å². The Balaban J connectivity index is 1.71. The molecule has 3 aromatic heterocycles. The van der Waals surface area contributed by atoms with Gasteiger partial charge in [0.15, 0.2) is 0 Å². The van der Waals surface area contributed by atoms with Crippen molar-refractivity contribution in [2.24, 2.45) is 0 Å². The van der Waals surface area contributed by atoms with Crippen molar-refractivity contribution in [3.05, 3.63) is 47.6 Å². The van der Waals surface area contributed by atoms with Crippen molar-refractivity contribution in [3.63, 3.8) is 0 Å². The summed E-state index contributed by atoms with van der Waals surface area (Å²) < 4.78 is 6.32. The highest BCUT2D eigenvalue weighted by Gasteiger charge is 2.18. The maximum atomic E-state index is 13.1. The predicted octanol–water partition coefficient (Wildman–Crippen LogP) is 4.35. The highest BCUT2D eigenvalue weighted by molar-refractivity contribution is 7.17. The summed E-state index contributed by atoms with van der Waals surface area (Å²) in [6.07, 6.45) is 3.49. The van der Waals surface area contributed by atoms with E-state index in [1.807, 2.05) is 41.6 Å². The molecule has 148 valence electrons. The first-order valence-corrected chi connectivity index (χ1v) is 10.1. The number of fused-ring (bicyclic) bond motifs is 2. The van der Waals surface area contributed by atoms with E-state index in [-0.39, 0.29) is 11.9 Å². The Hall–Kier alpha value is -3.26. The van der Waals surface area contributed by atoms with Crippen LogP contribution in [-0.2, 0) is 0 Å². The van der Waals surface area contributed by atoms with Gasteiger partial charge in [0.2, 0.25) is 5.95 Å². The van der Waals surface area contributed by atoms with Crippen LogP contribution in [0.2, 0.25) is 0 Å². The van der Waals surface area contributed by atoms with Crippen LogP contribution in [-0.4, -0.2) is 41.1 Å². The van der Waals surface area contributed by atoms with E-state index >= 15 is 0 Å². The minimum absolute atomic E-state index is 0.241. The molecule has 1 N–H and O–H groups in total. The maximum Gasteiger partial charge on any atom is 0.258 e. The SMILES string of the molecule is COc1cc2ncccc2cc1NC(=O)c1csc2cnc(N(C)C(C)C)nc12. The highest BCUT2D eigenvalue weighted by atomic mass is 32.1. The number of methoxy groups -OCH3 is 1. The van der Waals surface area contributed by atoms with E-state index in [1.54, 1.807) is 19.5 Å². The normalized spacial score (nSPS) is 11.2. The summed E-state index contributed by atoms with van der Waals surface area (Å²) in [6, 6.07) is 7.73. The first kappa shape index (κ1) is 19.1. The molecule has 29 heavy (non-hydrogen) atoms. The van der Waals surface area contributed by atoms with Crippen LogP contribution < -0.4 is 15.0 Å². The summed E-state index contributed by atoms with van der Waals surface area (Å²) in [5.41, 5.74) is 2.55. The van der Waals surface area contributed by atoms with Crippen molar-refractivity contribution in [1.29, 1.82) is 0 Å². The van der Waals surface area contributed by atoms with Crippen LogP contribution in [0.1, 0.15) is 24.2 Å². The third-order valence-corrected chi connectivity index (χ3v) is 5.71. The minimum atomic E-state index is -0.241. The summed E-state index contributed by atoms with van der Waals surface area (Å²) in [6.45, 7) is 4.13. The number of hydrogen-bond donors (Lipinski definition) is 1. The number of hydrogen-bond acceptors (Lipinski definition) is 7. The molecule has 0 unspecified atom stereocenters. The van der Waals surface area contributed by atoms with Crippen LogP contribution in [0.25, 0.3) is 21.1 Å². The molecule has 1 aromatic carbocycles. The maximum absolute atomic E-state index is 13.1. The van der Waals surface area contributed by atoms with Crippen molar-refractivity contribution in [2.45, 2.75) is 19.9 Å². The smallest absolute Gasteiger partial charge is 0.258 e. The topological polar surface area (TPSA) is 80.2 Å². The number of benzene rings is 1. The Bertz CT molecular complexity index is 1200. The molecular weight excluding hydrogens is 386 g/mol. The van der Waals surface area contributed by atoms with E-state index in [0.717, 1.165) is 15.6 Å². The highest BCUT2D eigenvalue weighted by Crippen LogP contribution is 2.31. The number of carbonyl (C=O) groups is 1. The average Bonchev–Trinajstić information content (AvgIpc) is 3.15. The quantitative estimate of drug-likeness (QED) is 0.530. The Labute approximate surface area is 172 Å². The second-order valence-corrected chi connectivity index (χ2v) is 7.85. The van der Waals surface area contributed by atoms with Crippen molar-refractivity contribution in [2.75, 3.05) is 24.4 Å². The van der Waals surface area contributed by atoms with E-state index in [0.29, 0.717) is 28.5 Å². The second-order valence-electron chi connectivity index (χ2n) is 6.94. The molecule has 0 saturated heterocycles. The van der Waals surface area contributed by atoms with Crippen molar-refractivity contribution in [3.8, 4) is 5.75 Å². The molecule has 3 heterocycles. The van der Waals surface area contributed by atoms with Crippen molar-refractivity contribution < 1.29 is 9.53 Å². The summed E-state index contributed by atoms with van der Waals surface area (Å²) in [5.74, 6) is 0.905. The van der Waals surface area contributed by atoms with Crippen molar-refractivity contribution >= 4 is 50.0 Å². The summed E-state index contributed by atoms with van der Waals surface area (Å²) >= 11 is 1.45. The molecule has 4 aromatic rings. The number of thiophene rings is 1. The number of ether oxygens (including phenoxy) is 1. The number of amides is 1. The average molecular weight is 407 g/mol. The fourth-order valence-corrected chi connectivity index (χ4v) is 3.78. The molecule has 0 fully saturated rings. The molecule has 0 atom stereocenters. The van der Waals surface area contributed by atoms with Gasteiger partial charge in [0, 0.05) is 36.1 Å². The van der Waals surface area contributed by atoms with Gasteiger partial charge in [-0.05, 0) is 26.0 Å². The largest absolute Gasteiger partial charge is 0.494 e. The van der Waals surface area contributed by atoms with Gasteiger partial charge in [-0.1, -0.05) is 6.07 Å². The molecule has 1 amide bonds. The van der Waals surface area contributed by atoms with Gasteiger partial charge in [-0.3, -0.25) is 9.78 Å². The zero-order valence-corrected chi connectivity index (χ0v) is 17.4. The monoisotopic (exact) mass is 407 g/mol. The molecule has 8 heteroatoms. The second kappa shape index (κ2) is 7.63. The third-order valence-electron chi connectivity index (χ3n) is 4.81. The lowest BCUT2D eigenvalue weighted by Crippen LogP contribution is -2.27. The van der Waals surface area contributed by atoms with E-state index in [9.17, 15) is 4.79 Å². The van der Waals surface area contributed by atoms with Crippen LogP contribution in [0.15, 0.2) is 42.0 Å². The molecule has 0 aliphatic rings. The lowest BCUT2D eigenvalue weighted by Gasteiger charge is -2.21. The fraction of sp³-hybridized carbons (Fsp3) is 0.238. The molecule has 0 bridgehead atoms. The number of pyridine rings is 1. The van der Waals surface area contributed by atoms with Crippen LogP contribution in [0.5, 0.6) is 5.75 Å². The van der Waals surface area contributed by atoms with Gasteiger partial charge in [-0.15, -0.1) is 11.3 Å². The van der Waals surface area contributed by atoms with E-state index < -0.39 is 0 Å². The third kappa shape index (κ3) is 3.58. The molecule has 4 rings (SSSR count). The van der Waals surface area contributed by atoms with Gasteiger partial charge < -0.3 is 15.0 Å². The van der Waals surface area contributed by atoms with E-state index in [1.165, 1.54) is 11.3 Å². The van der Waals surface area contributed by atoms with Gasteiger partial charge in [0.1, 0.15) is 5.75 Å². The van der Waals surface area contributed by atoms with Crippen molar-refractivity contribution in [1.82, 2.24) is 15.0 Å². The zero-order valence-electron chi connectivity index (χ0n) is 16.6. The fourth-order valence-electron chi connectivity index (χ4n) is 2.94. The number of anilines is 2. The Morgan fingerprint density at radius 3 is 2.86 bits per heavy atom. The number of rotatable bonds is 5. The van der Waals surface area contributed by atoms with Crippen LogP contribution in [0, 0.1) is 0 Å². The van der Waals surface area contributed by atoms with E-state index in [2.05, 4.69) is 34.1 Å². The van der Waals surface area contributed by atoms with E-state index in [4.69, 9.17) is 4.74 Å². The molecule has 7 nitrogen and oxygen atoms in total. The molecule has 0 radical (unpaired) electrons. The summed E-state index contributed by atoms with van der Waals surface area (Å²) in [4.78, 5) is 28.4. The summed E-state index contributed by atoms with van der Waals surface area (Å²) in [5, 5.41) is 5.69. The number of aromatic nitrogens is 3. The number of nitrogens with zero attached hydrogens (tertiary/aromatic N) is 4. The number of carbonyl (C=O) groups excluding carboxylic acids is 1. The lowest BCUT2D eigenvalue weighted by atomic mass is 10.1. The predicted molar refractivity (Wildman–Crippen MR) is 117 cm³/mol. The lowest BCUT2D eigenvalue weighted by molar-refractivity contribution is 0.102. The van der Waals surface area contributed by atoms with Gasteiger partial charge in [0.05, 0.1) is 40.3 Å². The van der Waals surface area contributed by atoms with Gasteiger partial charge in [0.25, 0.3) is 5.91 Å². The Kier molecular flexibility index (Phi) is 5.02. The standard InChI is InChI=1S/C21H21N5O2S/c1-12(2)26(3)21-23-10-18-19(25-21)14(11-29-18)20(27)24-16-8-13-6-5-7-22-15(13)9-17(16)28-4/h5-12H,1-4H3,(H,24,27). The Morgan fingerprint density at radius 1 is 1.28 bits per heavy atom. The number of nitrogens with one attached hydrogen (secondary N) is 1. The zero-order chi connectivity index (χ0) is 20.5. The van der Waals surface area contributed by atoms with Gasteiger partial charge in [-0.25, -0.2) is 9.97 Å². The first-order chi connectivity index (χ1) is 14.0. The van der Waals surface area contributed by atoms with Gasteiger partial charge in [-0.2, -0.15) is 0 Å². The van der Waals surface area contributed by atoms with Crippen LogP contribution >= 0.6 is 11.3 Å². The molecule has 0 aliphatic carbocycles. The van der Waals surface area contributed by atoms with Crippen LogP contribution in [0.3, 0.4) is 0 Å². The molecule has 0 spiro atoms. The van der Waals surface area contributed by atoms with Crippen LogP contribution in [0.4, 0.5) is 11.6 Å². The molecule has 0 aliphatic heterocycles. The first-order valence-electron chi connectivity index (χ1n) is 9.19. The Morgan fingerprint density at radius 2 is 2.10 bits per heavy atom. The summed E-state index contributed by atoms with van der Waals surface area (Å²) in [7, 11) is 3.51. The molecule has 0 saturated carbocycles. The minimum Gasteiger partial charge on any atom is -0.494 e. The molecular formula is C21H21N5O2S.